The van der Waals surface area contributed by atoms with Crippen molar-refractivity contribution in [2.24, 2.45) is 0 Å². The van der Waals surface area contributed by atoms with Crippen molar-refractivity contribution in [1.82, 2.24) is 10.6 Å². The van der Waals surface area contributed by atoms with E-state index in [0.29, 0.717) is 6.54 Å². The van der Waals surface area contributed by atoms with Crippen LogP contribution in [0.15, 0.2) is 66.0 Å². The molecule has 0 radical (unpaired) electrons. The Morgan fingerprint density at radius 1 is 0.960 bits per heavy atom. The van der Waals surface area contributed by atoms with Crippen LogP contribution in [-0.2, 0) is 6.42 Å². The van der Waals surface area contributed by atoms with Gasteiger partial charge in [-0.05, 0) is 30.0 Å². The summed E-state index contributed by atoms with van der Waals surface area (Å²) in [6.07, 6.45) is 0.839. The summed E-state index contributed by atoms with van der Waals surface area (Å²) in [5.41, 5.74) is 1.93. The molecule has 25 heavy (non-hydrogen) atoms. The lowest BCUT2D eigenvalue weighted by molar-refractivity contribution is 0.238. The average molecular weight is 350 g/mol. The van der Waals surface area contributed by atoms with Crippen molar-refractivity contribution < 1.29 is 9.53 Å². The number of ether oxygens (including phenoxy) is 1. The number of carbonyl (C=O) groups excluding carboxylic acids is 1. The van der Waals surface area contributed by atoms with Gasteiger partial charge in [-0.3, -0.25) is 0 Å². The van der Waals surface area contributed by atoms with Crippen LogP contribution in [0.3, 0.4) is 0 Å². The molecule has 1 aromatic heterocycles. The molecule has 2 aromatic carbocycles. The molecule has 0 unspecified atom stereocenters. The molecule has 1 aliphatic rings. The van der Waals surface area contributed by atoms with Crippen LogP contribution in [0.5, 0.6) is 11.5 Å². The van der Waals surface area contributed by atoms with Crippen molar-refractivity contribution in [2.45, 2.75) is 12.5 Å². The third-order valence-electron chi connectivity index (χ3n) is 4.19. The molecule has 4 nitrogen and oxygen atoms in total. The maximum Gasteiger partial charge on any atom is 0.315 e. The lowest BCUT2D eigenvalue weighted by Crippen LogP contribution is -2.40. The smallest absolute Gasteiger partial charge is 0.315 e. The molecule has 1 aliphatic heterocycles. The number of rotatable bonds is 4. The molecule has 0 saturated carbocycles. The Hall–Kier alpha value is -2.79. The zero-order valence-electron chi connectivity index (χ0n) is 13.6. The molecule has 0 atom stereocenters. The molecule has 126 valence electrons. The molecule has 3 aromatic rings. The maximum absolute atomic E-state index is 12.4. The third kappa shape index (κ3) is 3.37. The van der Waals surface area contributed by atoms with Gasteiger partial charge in [0.2, 0.25) is 0 Å². The average Bonchev–Trinajstić information content (AvgIpc) is 3.15. The van der Waals surface area contributed by atoms with Gasteiger partial charge in [-0.25, -0.2) is 4.79 Å². The number of hydrogen-bond donors (Lipinski definition) is 2. The van der Waals surface area contributed by atoms with E-state index in [9.17, 15) is 4.79 Å². The second kappa shape index (κ2) is 6.99. The molecule has 0 bridgehead atoms. The summed E-state index contributed by atoms with van der Waals surface area (Å²) < 4.78 is 5.95. The first-order chi connectivity index (χ1) is 12.3. The fourth-order valence-electron chi connectivity index (χ4n) is 3.00. The second-order valence-corrected chi connectivity index (χ2v) is 6.87. The topological polar surface area (TPSA) is 50.4 Å². The zero-order chi connectivity index (χ0) is 17.1. The molecule has 4 rings (SSSR count). The number of thiophene rings is 1. The van der Waals surface area contributed by atoms with E-state index in [1.807, 2.05) is 60.0 Å². The van der Waals surface area contributed by atoms with E-state index >= 15 is 0 Å². The van der Waals surface area contributed by atoms with Gasteiger partial charge in [-0.1, -0.05) is 42.5 Å². The van der Waals surface area contributed by atoms with Gasteiger partial charge in [0.1, 0.15) is 11.5 Å². The number of amides is 2. The van der Waals surface area contributed by atoms with Crippen molar-refractivity contribution in [2.75, 3.05) is 6.54 Å². The van der Waals surface area contributed by atoms with Crippen LogP contribution in [-0.4, -0.2) is 12.6 Å². The summed E-state index contributed by atoms with van der Waals surface area (Å²) in [5, 5.41) is 8.08. The molecule has 5 heteroatoms. The predicted molar refractivity (Wildman–Crippen MR) is 99.4 cm³/mol. The third-order valence-corrected chi connectivity index (χ3v) is 5.13. The largest absolute Gasteiger partial charge is 0.457 e. The highest BCUT2D eigenvalue weighted by atomic mass is 32.1. The van der Waals surface area contributed by atoms with Gasteiger partial charge in [-0.15, -0.1) is 11.3 Å². The fraction of sp³-hybridized carbons (Fsp3) is 0.150. The molecule has 0 fully saturated rings. The summed E-state index contributed by atoms with van der Waals surface area (Å²) in [6.45, 7) is 0.610. The zero-order valence-corrected chi connectivity index (χ0v) is 14.4. The SMILES string of the molecule is O=C(NCCc1cccs1)NC1c2ccccc2Oc2ccccc21. The van der Waals surface area contributed by atoms with Crippen LogP contribution in [0.2, 0.25) is 0 Å². The van der Waals surface area contributed by atoms with Crippen LogP contribution in [0, 0.1) is 0 Å². The molecule has 0 saturated heterocycles. The molecular weight excluding hydrogens is 332 g/mol. The summed E-state index contributed by atoms with van der Waals surface area (Å²) in [6, 6.07) is 19.3. The van der Waals surface area contributed by atoms with E-state index in [1.54, 1.807) is 11.3 Å². The van der Waals surface area contributed by atoms with Crippen molar-refractivity contribution in [3.05, 3.63) is 82.0 Å². The Morgan fingerprint density at radius 2 is 1.64 bits per heavy atom. The fourth-order valence-corrected chi connectivity index (χ4v) is 3.71. The van der Waals surface area contributed by atoms with Gasteiger partial charge in [0.25, 0.3) is 0 Å². The summed E-state index contributed by atoms with van der Waals surface area (Å²) in [7, 11) is 0. The van der Waals surface area contributed by atoms with Crippen LogP contribution in [0.4, 0.5) is 4.79 Å². The molecule has 2 heterocycles. The van der Waals surface area contributed by atoms with Crippen molar-refractivity contribution in [1.29, 1.82) is 0 Å². The van der Waals surface area contributed by atoms with Crippen LogP contribution >= 0.6 is 11.3 Å². The molecule has 0 spiro atoms. The van der Waals surface area contributed by atoms with Crippen molar-refractivity contribution in [3.63, 3.8) is 0 Å². The Morgan fingerprint density at radius 3 is 2.28 bits per heavy atom. The minimum Gasteiger partial charge on any atom is -0.457 e. The Labute approximate surface area is 150 Å². The number of hydrogen-bond acceptors (Lipinski definition) is 3. The van der Waals surface area contributed by atoms with E-state index in [2.05, 4.69) is 16.7 Å². The number of nitrogens with one attached hydrogen (secondary N) is 2. The van der Waals surface area contributed by atoms with Crippen LogP contribution < -0.4 is 15.4 Å². The van der Waals surface area contributed by atoms with Crippen molar-refractivity contribution in [3.8, 4) is 11.5 Å². The first-order valence-electron chi connectivity index (χ1n) is 8.24. The maximum atomic E-state index is 12.4. The van der Waals surface area contributed by atoms with Gasteiger partial charge >= 0.3 is 6.03 Å². The van der Waals surface area contributed by atoms with E-state index in [1.165, 1.54) is 4.88 Å². The highest BCUT2D eigenvalue weighted by Crippen LogP contribution is 2.42. The van der Waals surface area contributed by atoms with E-state index in [4.69, 9.17) is 4.74 Å². The first kappa shape index (κ1) is 15.7. The quantitative estimate of drug-likeness (QED) is 0.729. The molecule has 0 aliphatic carbocycles. The summed E-state index contributed by atoms with van der Waals surface area (Å²) in [4.78, 5) is 13.7. The Kier molecular flexibility index (Phi) is 4.39. The van der Waals surface area contributed by atoms with Crippen LogP contribution in [0.1, 0.15) is 22.0 Å². The lowest BCUT2D eigenvalue weighted by atomic mass is 9.95. The summed E-state index contributed by atoms with van der Waals surface area (Å²) in [5.74, 6) is 1.56. The minimum absolute atomic E-state index is 0.173. The van der Waals surface area contributed by atoms with Gasteiger partial charge in [0.05, 0.1) is 6.04 Å². The highest BCUT2D eigenvalue weighted by Gasteiger charge is 2.27. The standard InChI is InChI=1S/C20H18N2O2S/c23-20(21-12-11-14-6-5-13-25-14)22-19-15-7-1-3-9-17(15)24-18-10-4-2-8-16(18)19/h1-10,13,19H,11-12H2,(H2,21,22,23). The number of para-hydroxylation sites is 2. The van der Waals surface area contributed by atoms with Gasteiger partial charge in [0.15, 0.2) is 0 Å². The lowest BCUT2D eigenvalue weighted by Gasteiger charge is -2.28. The van der Waals surface area contributed by atoms with Gasteiger partial charge in [0, 0.05) is 22.5 Å². The van der Waals surface area contributed by atoms with E-state index < -0.39 is 0 Å². The number of urea groups is 1. The number of benzene rings is 2. The van der Waals surface area contributed by atoms with E-state index in [0.717, 1.165) is 29.0 Å². The monoisotopic (exact) mass is 350 g/mol. The highest BCUT2D eigenvalue weighted by molar-refractivity contribution is 7.09. The normalized spacial score (nSPS) is 12.6. The Balaban J connectivity index is 1.48. The molecule has 2 N–H and O–H groups in total. The number of carbonyl (C=O) groups is 1. The minimum atomic E-state index is -0.220. The summed E-state index contributed by atoms with van der Waals surface area (Å²) >= 11 is 1.70. The van der Waals surface area contributed by atoms with Gasteiger partial charge < -0.3 is 15.4 Å². The molecular formula is C20H18N2O2S. The molecule has 2 amide bonds. The Bertz CT molecular complexity index is 831. The number of fused-ring (bicyclic) bond motifs is 2. The first-order valence-corrected chi connectivity index (χ1v) is 9.12. The second-order valence-electron chi connectivity index (χ2n) is 5.84. The van der Waals surface area contributed by atoms with Crippen molar-refractivity contribution >= 4 is 17.4 Å². The predicted octanol–water partition coefficient (Wildman–Crippen LogP) is 4.49. The van der Waals surface area contributed by atoms with Gasteiger partial charge in [-0.2, -0.15) is 0 Å². The van der Waals surface area contributed by atoms with Crippen LogP contribution in [0.25, 0.3) is 0 Å². The van der Waals surface area contributed by atoms with E-state index in [-0.39, 0.29) is 12.1 Å².